The fraction of sp³-hybridized carbons (Fsp3) is 0.562. The Kier molecular flexibility index (Phi) is 4.33. The third kappa shape index (κ3) is 2.80. The molecule has 1 fully saturated rings. The summed E-state index contributed by atoms with van der Waals surface area (Å²) in [6, 6.07) is 3.72. The van der Waals surface area contributed by atoms with Crippen LogP contribution >= 0.6 is 0 Å². The minimum Gasteiger partial charge on any atom is -0.505 e. The Hall–Kier alpha value is -1.55. The molecular formula is C16H24N2O2. The second-order valence-electron chi connectivity index (χ2n) is 5.79. The molecule has 0 saturated carbocycles. The molecule has 0 aliphatic carbocycles. The zero-order valence-electron chi connectivity index (χ0n) is 12.5. The molecule has 1 saturated heterocycles. The molecular weight excluding hydrogens is 252 g/mol. The molecule has 110 valence electrons. The molecule has 0 aromatic heterocycles. The highest BCUT2D eigenvalue weighted by atomic mass is 16.3. The van der Waals surface area contributed by atoms with E-state index < -0.39 is 5.54 Å². The lowest BCUT2D eigenvalue weighted by atomic mass is 9.90. The van der Waals surface area contributed by atoms with E-state index in [1.807, 2.05) is 26.0 Å². The zero-order chi connectivity index (χ0) is 14.8. The summed E-state index contributed by atoms with van der Waals surface area (Å²) in [5.41, 5.74) is 1.85. The average Bonchev–Trinajstić information content (AvgIpc) is 2.85. The van der Waals surface area contributed by atoms with Crippen molar-refractivity contribution in [3.05, 3.63) is 23.3 Å². The predicted octanol–water partition coefficient (Wildman–Crippen LogP) is 2.87. The highest BCUT2D eigenvalue weighted by Crippen LogP contribution is 2.31. The van der Waals surface area contributed by atoms with E-state index in [2.05, 4.69) is 17.6 Å². The van der Waals surface area contributed by atoms with Gasteiger partial charge in [-0.25, -0.2) is 0 Å². The molecule has 2 rings (SSSR count). The number of aryl methyl sites for hydroxylation is 2. The van der Waals surface area contributed by atoms with Crippen molar-refractivity contribution in [2.45, 2.75) is 52.0 Å². The van der Waals surface area contributed by atoms with E-state index in [1.165, 1.54) is 0 Å². The van der Waals surface area contributed by atoms with Gasteiger partial charge in [0.2, 0.25) is 5.91 Å². The number of phenolic OH excluding ortho intramolecular Hbond substituents is 1. The van der Waals surface area contributed by atoms with E-state index in [-0.39, 0.29) is 11.7 Å². The van der Waals surface area contributed by atoms with Gasteiger partial charge in [0.25, 0.3) is 0 Å². The number of hydrogen-bond donors (Lipinski definition) is 3. The van der Waals surface area contributed by atoms with Crippen molar-refractivity contribution < 1.29 is 9.90 Å². The molecule has 1 aliphatic rings. The van der Waals surface area contributed by atoms with Gasteiger partial charge < -0.3 is 15.7 Å². The van der Waals surface area contributed by atoms with Crippen LogP contribution in [0.25, 0.3) is 0 Å². The van der Waals surface area contributed by atoms with Crippen LogP contribution in [0, 0.1) is 13.8 Å². The SMILES string of the molecule is CCCC1(C(=O)Nc2cc(C)cc(C)c2O)CCCN1. The third-order valence-electron chi connectivity index (χ3n) is 4.05. The molecule has 1 aliphatic heterocycles. The van der Waals surface area contributed by atoms with Gasteiger partial charge in [0.1, 0.15) is 5.75 Å². The van der Waals surface area contributed by atoms with E-state index in [9.17, 15) is 9.90 Å². The normalized spacial score (nSPS) is 21.9. The monoisotopic (exact) mass is 276 g/mol. The van der Waals surface area contributed by atoms with Gasteiger partial charge >= 0.3 is 0 Å². The quantitative estimate of drug-likeness (QED) is 0.741. The first-order valence-electron chi connectivity index (χ1n) is 7.35. The van der Waals surface area contributed by atoms with Gasteiger partial charge in [0, 0.05) is 0 Å². The van der Waals surface area contributed by atoms with Crippen molar-refractivity contribution in [3.63, 3.8) is 0 Å². The van der Waals surface area contributed by atoms with E-state index in [0.717, 1.165) is 43.4 Å². The molecule has 0 bridgehead atoms. The third-order valence-corrected chi connectivity index (χ3v) is 4.05. The number of carbonyl (C=O) groups is 1. The highest BCUT2D eigenvalue weighted by Gasteiger charge is 2.40. The van der Waals surface area contributed by atoms with Gasteiger partial charge in [-0.2, -0.15) is 0 Å². The van der Waals surface area contributed by atoms with E-state index in [0.29, 0.717) is 5.69 Å². The molecule has 0 radical (unpaired) electrons. The number of hydrogen-bond acceptors (Lipinski definition) is 3. The minimum absolute atomic E-state index is 0.0304. The van der Waals surface area contributed by atoms with Crippen LogP contribution in [-0.4, -0.2) is 23.1 Å². The van der Waals surface area contributed by atoms with Crippen LogP contribution in [0.15, 0.2) is 12.1 Å². The average molecular weight is 276 g/mol. The molecule has 3 N–H and O–H groups in total. The predicted molar refractivity (Wildman–Crippen MR) is 81.1 cm³/mol. The van der Waals surface area contributed by atoms with E-state index in [1.54, 1.807) is 0 Å². The number of nitrogens with one attached hydrogen (secondary N) is 2. The van der Waals surface area contributed by atoms with Gasteiger partial charge in [-0.05, 0) is 56.8 Å². The molecule has 4 heteroatoms. The second-order valence-corrected chi connectivity index (χ2v) is 5.79. The van der Waals surface area contributed by atoms with Gasteiger partial charge in [0.05, 0.1) is 11.2 Å². The lowest BCUT2D eigenvalue weighted by molar-refractivity contribution is -0.122. The molecule has 4 nitrogen and oxygen atoms in total. The van der Waals surface area contributed by atoms with Crippen molar-refractivity contribution in [1.29, 1.82) is 0 Å². The highest BCUT2D eigenvalue weighted by molar-refractivity contribution is 5.99. The summed E-state index contributed by atoms with van der Waals surface area (Å²) in [5.74, 6) is 0.130. The summed E-state index contributed by atoms with van der Waals surface area (Å²) in [6.07, 6.45) is 3.66. The smallest absolute Gasteiger partial charge is 0.244 e. The summed E-state index contributed by atoms with van der Waals surface area (Å²) in [7, 11) is 0. The Bertz CT molecular complexity index is 505. The molecule has 1 amide bonds. The van der Waals surface area contributed by atoms with Crippen LogP contribution in [0.2, 0.25) is 0 Å². The minimum atomic E-state index is -0.473. The number of carbonyl (C=O) groups excluding carboxylic acids is 1. The first kappa shape index (κ1) is 14.9. The number of aromatic hydroxyl groups is 1. The summed E-state index contributed by atoms with van der Waals surface area (Å²) in [6.45, 7) is 6.76. The number of amides is 1. The van der Waals surface area contributed by atoms with Crippen molar-refractivity contribution in [1.82, 2.24) is 5.32 Å². The second kappa shape index (κ2) is 5.83. The maximum Gasteiger partial charge on any atom is 0.244 e. The molecule has 1 atom stereocenters. The van der Waals surface area contributed by atoms with Crippen molar-refractivity contribution in [2.24, 2.45) is 0 Å². The first-order valence-corrected chi connectivity index (χ1v) is 7.35. The van der Waals surface area contributed by atoms with Crippen LogP contribution in [0.3, 0.4) is 0 Å². The van der Waals surface area contributed by atoms with Crippen LogP contribution < -0.4 is 10.6 Å². The Balaban J connectivity index is 2.23. The molecule has 20 heavy (non-hydrogen) atoms. The maximum atomic E-state index is 12.6. The van der Waals surface area contributed by atoms with Gasteiger partial charge in [0.15, 0.2) is 0 Å². The maximum absolute atomic E-state index is 12.6. The molecule has 1 heterocycles. The van der Waals surface area contributed by atoms with Crippen molar-refractivity contribution >= 4 is 11.6 Å². The number of benzene rings is 1. The Morgan fingerprint density at radius 1 is 1.45 bits per heavy atom. The summed E-state index contributed by atoms with van der Waals surface area (Å²) < 4.78 is 0. The van der Waals surface area contributed by atoms with E-state index in [4.69, 9.17) is 0 Å². The lowest BCUT2D eigenvalue weighted by Crippen LogP contribution is -2.50. The van der Waals surface area contributed by atoms with Crippen LogP contribution in [-0.2, 0) is 4.79 Å². The van der Waals surface area contributed by atoms with Crippen LogP contribution in [0.1, 0.15) is 43.7 Å². The largest absolute Gasteiger partial charge is 0.505 e. The zero-order valence-corrected chi connectivity index (χ0v) is 12.5. The molecule has 1 aromatic rings. The lowest BCUT2D eigenvalue weighted by Gasteiger charge is -2.28. The van der Waals surface area contributed by atoms with Gasteiger partial charge in [-0.1, -0.05) is 19.4 Å². The van der Waals surface area contributed by atoms with Crippen LogP contribution in [0.4, 0.5) is 5.69 Å². The summed E-state index contributed by atoms with van der Waals surface area (Å²) in [4.78, 5) is 12.6. The summed E-state index contributed by atoms with van der Waals surface area (Å²) in [5, 5.41) is 16.3. The molecule has 1 unspecified atom stereocenters. The summed E-state index contributed by atoms with van der Waals surface area (Å²) >= 11 is 0. The fourth-order valence-electron chi connectivity index (χ4n) is 3.05. The van der Waals surface area contributed by atoms with Gasteiger partial charge in [-0.15, -0.1) is 0 Å². The van der Waals surface area contributed by atoms with Crippen LogP contribution in [0.5, 0.6) is 5.75 Å². The molecule has 1 aromatic carbocycles. The van der Waals surface area contributed by atoms with Gasteiger partial charge in [-0.3, -0.25) is 4.79 Å². The fourth-order valence-corrected chi connectivity index (χ4v) is 3.05. The number of anilines is 1. The Labute approximate surface area is 120 Å². The Morgan fingerprint density at radius 3 is 2.80 bits per heavy atom. The number of phenols is 1. The van der Waals surface area contributed by atoms with Crippen molar-refractivity contribution in [3.8, 4) is 5.75 Å². The number of rotatable bonds is 4. The van der Waals surface area contributed by atoms with E-state index >= 15 is 0 Å². The standard InChI is InChI=1S/C16H24N2O2/c1-4-6-16(7-5-8-17-16)15(20)18-13-10-11(2)9-12(3)14(13)19/h9-10,17,19H,4-8H2,1-3H3,(H,18,20). The topological polar surface area (TPSA) is 61.4 Å². The Morgan fingerprint density at radius 2 is 2.20 bits per heavy atom. The van der Waals surface area contributed by atoms with Crippen molar-refractivity contribution in [2.75, 3.05) is 11.9 Å². The molecule has 0 spiro atoms. The first-order chi connectivity index (χ1) is 9.48.